The molecule has 1 heterocycles. The van der Waals surface area contributed by atoms with Gasteiger partial charge in [0.1, 0.15) is 0 Å². The van der Waals surface area contributed by atoms with Crippen LogP contribution >= 0.6 is 11.6 Å². The molecule has 0 radical (unpaired) electrons. The van der Waals surface area contributed by atoms with Gasteiger partial charge in [0.15, 0.2) is 0 Å². The van der Waals surface area contributed by atoms with E-state index in [4.69, 9.17) is 11.6 Å². The molecular weight excluding hydrogens is 260 g/mol. The molecule has 3 nitrogen and oxygen atoms in total. The van der Waals surface area contributed by atoms with Gasteiger partial charge in [0.05, 0.1) is 6.04 Å². The molecule has 1 amide bonds. The Labute approximate surface area is 116 Å². The summed E-state index contributed by atoms with van der Waals surface area (Å²) in [6.07, 6.45) is 0.800. The van der Waals surface area contributed by atoms with Crippen molar-refractivity contribution in [1.82, 2.24) is 10.9 Å². The van der Waals surface area contributed by atoms with Gasteiger partial charge in [0, 0.05) is 10.6 Å². The van der Waals surface area contributed by atoms with Crippen LogP contribution in [0.25, 0.3) is 0 Å². The van der Waals surface area contributed by atoms with Gasteiger partial charge in [0.2, 0.25) is 0 Å². The van der Waals surface area contributed by atoms with Crippen molar-refractivity contribution in [2.45, 2.75) is 12.5 Å². The van der Waals surface area contributed by atoms with Crippen molar-refractivity contribution >= 4 is 17.5 Å². The lowest BCUT2D eigenvalue weighted by molar-refractivity contribution is 0.0907. The standard InChI is InChI=1S/C15H13ClN2O/c16-11-7-5-10(6-8-11)9-14-12-3-1-2-4-13(12)15(19)18-17-14/h1-8,14,17H,9H2,(H,18,19). The van der Waals surface area contributed by atoms with Crippen LogP contribution in [0, 0.1) is 0 Å². The third kappa shape index (κ3) is 2.48. The topological polar surface area (TPSA) is 41.1 Å². The molecule has 19 heavy (non-hydrogen) atoms. The second-order valence-corrected chi connectivity index (χ2v) is 5.01. The monoisotopic (exact) mass is 272 g/mol. The number of carbonyl (C=O) groups is 1. The molecule has 0 bridgehead atoms. The Kier molecular flexibility index (Phi) is 3.23. The van der Waals surface area contributed by atoms with Gasteiger partial charge in [0.25, 0.3) is 5.91 Å². The second kappa shape index (κ2) is 5.03. The van der Waals surface area contributed by atoms with E-state index in [9.17, 15) is 4.79 Å². The van der Waals surface area contributed by atoms with E-state index in [0.29, 0.717) is 0 Å². The summed E-state index contributed by atoms with van der Waals surface area (Å²) in [5.74, 6) is -0.0806. The van der Waals surface area contributed by atoms with Crippen LogP contribution in [0.5, 0.6) is 0 Å². The highest BCUT2D eigenvalue weighted by Crippen LogP contribution is 2.24. The van der Waals surface area contributed by atoms with E-state index in [1.807, 2.05) is 48.5 Å². The van der Waals surface area contributed by atoms with Gasteiger partial charge in [-0.1, -0.05) is 41.9 Å². The van der Waals surface area contributed by atoms with Gasteiger partial charge >= 0.3 is 0 Å². The van der Waals surface area contributed by atoms with Crippen molar-refractivity contribution in [2.75, 3.05) is 0 Å². The number of halogens is 1. The van der Waals surface area contributed by atoms with Gasteiger partial charge in [-0.3, -0.25) is 10.2 Å². The van der Waals surface area contributed by atoms with Crippen LogP contribution in [0.4, 0.5) is 0 Å². The number of amides is 1. The lowest BCUT2D eigenvalue weighted by Crippen LogP contribution is -2.45. The predicted octanol–water partition coefficient (Wildman–Crippen LogP) is 2.87. The fourth-order valence-corrected chi connectivity index (χ4v) is 2.45. The maximum atomic E-state index is 11.7. The number of benzene rings is 2. The lowest BCUT2D eigenvalue weighted by Gasteiger charge is -2.27. The Hall–Kier alpha value is -1.84. The Balaban J connectivity index is 1.88. The molecule has 2 aromatic rings. The number of fused-ring (bicyclic) bond motifs is 1. The third-order valence-corrected chi connectivity index (χ3v) is 3.55. The highest BCUT2D eigenvalue weighted by atomic mass is 35.5. The second-order valence-electron chi connectivity index (χ2n) is 4.57. The van der Waals surface area contributed by atoms with Crippen LogP contribution in [-0.4, -0.2) is 5.91 Å². The minimum Gasteiger partial charge on any atom is -0.287 e. The molecular formula is C15H13ClN2O. The molecule has 2 aromatic carbocycles. The molecule has 0 aromatic heterocycles. The van der Waals surface area contributed by atoms with E-state index in [0.717, 1.165) is 22.6 Å². The molecule has 4 heteroatoms. The summed E-state index contributed by atoms with van der Waals surface area (Å²) in [7, 11) is 0. The van der Waals surface area contributed by atoms with Crippen molar-refractivity contribution in [2.24, 2.45) is 0 Å². The quantitative estimate of drug-likeness (QED) is 0.883. The van der Waals surface area contributed by atoms with Crippen LogP contribution in [-0.2, 0) is 6.42 Å². The van der Waals surface area contributed by atoms with Gasteiger partial charge in [-0.05, 0) is 35.7 Å². The molecule has 0 spiro atoms. The number of hydrogen-bond donors (Lipinski definition) is 2. The van der Waals surface area contributed by atoms with E-state index in [-0.39, 0.29) is 11.9 Å². The summed E-state index contributed by atoms with van der Waals surface area (Å²) in [6.45, 7) is 0. The molecule has 0 saturated carbocycles. The van der Waals surface area contributed by atoms with Gasteiger partial charge in [-0.2, -0.15) is 0 Å². The Morgan fingerprint density at radius 3 is 2.58 bits per heavy atom. The smallest absolute Gasteiger partial charge is 0.265 e. The first-order chi connectivity index (χ1) is 9.24. The predicted molar refractivity (Wildman–Crippen MR) is 74.9 cm³/mol. The summed E-state index contributed by atoms with van der Waals surface area (Å²) in [4.78, 5) is 11.7. The van der Waals surface area contributed by atoms with Crippen molar-refractivity contribution in [3.63, 3.8) is 0 Å². The van der Waals surface area contributed by atoms with Crippen molar-refractivity contribution in [3.05, 3.63) is 70.2 Å². The van der Waals surface area contributed by atoms with Crippen LogP contribution < -0.4 is 10.9 Å². The normalized spacial score (nSPS) is 17.7. The molecule has 0 saturated heterocycles. The van der Waals surface area contributed by atoms with Crippen molar-refractivity contribution in [1.29, 1.82) is 0 Å². The fourth-order valence-electron chi connectivity index (χ4n) is 2.32. The average molecular weight is 273 g/mol. The molecule has 1 atom stereocenters. The highest BCUT2D eigenvalue weighted by molar-refractivity contribution is 6.30. The molecule has 0 aliphatic carbocycles. The zero-order chi connectivity index (χ0) is 13.2. The van der Waals surface area contributed by atoms with E-state index in [1.165, 1.54) is 5.56 Å². The minimum absolute atomic E-state index is 0.0788. The molecule has 3 rings (SSSR count). The van der Waals surface area contributed by atoms with Gasteiger partial charge < -0.3 is 0 Å². The van der Waals surface area contributed by atoms with E-state index in [2.05, 4.69) is 10.9 Å². The molecule has 1 unspecified atom stereocenters. The third-order valence-electron chi connectivity index (χ3n) is 3.29. The zero-order valence-corrected chi connectivity index (χ0v) is 10.9. The number of hydrogen-bond acceptors (Lipinski definition) is 2. The van der Waals surface area contributed by atoms with Crippen LogP contribution in [0.2, 0.25) is 5.02 Å². The Bertz CT molecular complexity index is 610. The van der Waals surface area contributed by atoms with Crippen LogP contribution in [0.1, 0.15) is 27.5 Å². The molecule has 1 aliphatic rings. The number of nitrogens with one attached hydrogen (secondary N) is 2. The van der Waals surface area contributed by atoms with Gasteiger partial charge in [-0.15, -0.1) is 0 Å². The highest BCUT2D eigenvalue weighted by Gasteiger charge is 2.24. The minimum atomic E-state index is -0.0806. The molecule has 2 N–H and O–H groups in total. The Morgan fingerprint density at radius 2 is 1.79 bits per heavy atom. The number of carbonyl (C=O) groups excluding carboxylic acids is 1. The summed E-state index contributed by atoms with van der Waals surface area (Å²) >= 11 is 5.88. The van der Waals surface area contributed by atoms with E-state index in [1.54, 1.807) is 0 Å². The number of hydrazine groups is 1. The zero-order valence-electron chi connectivity index (χ0n) is 10.2. The van der Waals surface area contributed by atoms with E-state index >= 15 is 0 Å². The lowest BCUT2D eigenvalue weighted by atomic mass is 9.93. The largest absolute Gasteiger partial charge is 0.287 e. The SMILES string of the molecule is O=C1NNC(Cc2ccc(Cl)cc2)c2ccccc21. The fraction of sp³-hybridized carbons (Fsp3) is 0.133. The molecule has 1 aliphatic heterocycles. The summed E-state index contributed by atoms with van der Waals surface area (Å²) in [5, 5.41) is 0.731. The summed E-state index contributed by atoms with van der Waals surface area (Å²) in [6, 6.07) is 15.5. The van der Waals surface area contributed by atoms with Crippen LogP contribution in [0.3, 0.4) is 0 Å². The first-order valence-corrected chi connectivity index (χ1v) is 6.51. The molecule has 96 valence electrons. The van der Waals surface area contributed by atoms with Crippen LogP contribution in [0.15, 0.2) is 48.5 Å². The first kappa shape index (κ1) is 12.2. The van der Waals surface area contributed by atoms with Crippen molar-refractivity contribution in [3.8, 4) is 0 Å². The maximum absolute atomic E-state index is 11.7. The average Bonchev–Trinajstić information content (AvgIpc) is 2.45. The van der Waals surface area contributed by atoms with Gasteiger partial charge in [-0.25, -0.2) is 5.43 Å². The Morgan fingerprint density at radius 1 is 1.05 bits per heavy atom. The summed E-state index contributed by atoms with van der Waals surface area (Å²) < 4.78 is 0. The molecule has 0 fully saturated rings. The first-order valence-electron chi connectivity index (χ1n) is 6.13. The summed E-state index contributed by atoms with van der Waals surface area (Å²) in [5.41, 5.74) is 8.70. The van der Waals surface area contributed by atoms with Crippen molar-refractivity contribution < 1.29 is 4.79 Å². The maximum Gasteiger partial charge on any atom is 0.265 e. The number of rotatable bonds is 2. The van der Waals surface area contributed by atoms with E-state index < -0.39 is 0 Å².